The number of hydrogen-bond acceptors (Lipinski definition) is 2. The molecule has 0 aliphatic carbocycles. The van der Waals surface area contributed by atoms with Crippen LogP contribution in [0.5, 0.6) is 0 Å². The van der Waals surface area contributed by atoms with Crippen LogP contribution in [-0.2, 0) is 0 Å². The predicted molar refractivity (Wildman–Crippen MR) is 34.1 cm³/mol. The molecule has 48 valence electrons. The number of hydrogen-bond donors (Lipinski definition) is 1. The van der Waals surface area contributed by atoms with Crippen molar-refractivity contribution in [2.45, 2.75) is 33.2 Å². The summed E-state index contributed by atoms with van der Waals surface area (Å²) in [5.41, 5.74) is 6.59. The average molecular weight is 114 g/mol. The van der Waals surface area contributed by atoms with Gasteiger partial charge in [-0.2, -0.15) is 5.11 Å². The highest BCUT2D eigenvalue weighted by Crippen LogP contribution is 2.18. The molecule has 2 heteroatoms. The number of nitrogens with zero attached hydrogens (tertiary/aromatic N) is 1. The van der Waals surface area contributed by atoms with Crippen LogP contribution >= 0.6 is 0 Å². The maximum absolute atomic E-state index is 6.76. The summed E-state index contributed by atoms with van der Waals surface area (Å²) in [7, 11) is 0. The minimum Gasteiger partial charge on any atom is -0.209 e. The molecule has 0 spiro atoms. The van der Waals surface area contributed by atoms with Gasteiger partial charge in [0.1, 0.15) is 0 Å². The summed E-state index contributed by atoms with van der Waals surface area (Å²) in [4.78, 5) is 0. The average Bonchev–Trinajstić information content (AvgIpc) is 1.67. The van der Waals surface area contributed by atoms with E-state index < -0.39 is 0 Å². The molecular formula is C6H14N2. The van der Waals surface area contributed by atoms with Crippen LogP contribution < -0.4 is 0 Å². The topological polar surface area (TPSA) is 36.2 Å². The standard InChI is InChI=1S/C6H14N2/c1-5(2)6(3,4)8-7/h5,7H,1-4H3. The van der Waals surface area contributed by atoms with E-state index in [9.17, 15) is 0 Å². The fourth-order valence-corrected chi connectivity index (χ4v) is 0.129. The van der Waals surface area contributed by atoms with Crippen LogP contribution in [0.3, 0.4) is 0 Å². The molecule has 0 aromatic rings. The highest BCUT2D eigenvalue weighted by Gasteiger charge is 2.19. The van der Waals surface area contributed by atoms with Crippen LogP contribution in [0.25, 0.3) is 0 Å². The maximum atomic E-state index is 6.76. The monoisotopic (exact) mass is 114 g/mol. The fourth-order valence-electron chi connectivity index (χ4n) is 0.129. The maximum Gasteiger partial charge on any atom is 0.0780 e. The first-order valence-corrected chi connectivity index (χ1v) is 2.89. The van der Waals surface area contributed by atoms with Crippen LogP contribution in [0.1, 0.15) is 27.7 Å². The van der Waals surface area contributed by atoms with Crippen LogP contribution in [0.4, 0.5) is 0 Å². The van der Waals surface area contributed by atoms with Gasteiger partial charge in [0, 0.05) is 0 Å². The molecule has 0 saturated carbocycles. The molecule has 0 aliphatic heterocycles. The lowest BCUT2D eigenvalue weighted by molar-refractivity contribution is 0.353. The largest absolute Gasteiger partial charge is 0.209 e. The molecule has 0 aliphatic rings. The van der Waals surface area contributed by atoms with E-state index in [2.05, 4.69) is 19.0 Å². The van der Waals surface area contributed by atoms with Crippen molar-refractivity contribution < 1.29 is 0 Å². The van der Waals surface area contributed by atoms with E-state index in [1.807, 2.05) is 13.8 Å². The first-order chi connectivity index (χ1) is 3.50. The van der Waals surface area contributed by atoms with Crippen molar-refractivity contribution in [3.63, 3.8) is 0 Å². The van der Waals surface area contributed by atoms with E-state index in [4.69, 9.17) is 5.53 Å². The van der Waals surface area contributed by atoms with Gasteiger partial charge in [0.2, 0.25) is 0 Å². The quantitative estimate of drug-likeness (QED) is 0.535. The molecule has 0 bridgehead atoms. The molecule has 0 fully saturated rings. The third-order valence-corrected chi connectivity index (χ3v) is 1.70. The van der Waals surface area contributed by atoms with E-state index in [0.717, 1.165) is 0 Å². The third kappa shape index (κ3) is 1.60. The van der Waals surface area contributed by atoms with Crippen molar-refractivity contribution >= 4 is 0 Å². The Labute approximate surface area is 50.8 Å². The van der Waals surface area contributed by atoms with Gasteiger partial charge >= 0.3 is 0 Å². The molecule has 0 atom stereocenters. The summed E-state index contributed by atoms with van der Waals surface area (Å²) in [6, 6.07) is 0. The van der Waals surface area contributed by atoms with E-state index in [0.29, 0.717) is 5.92 Å². The summed E-state index contributed by atoms with van der Waals surface area (Å²) < 4.78 is 0. The molecular weight excluding hydrogens is 100 g/mol. The van der Waals surface area contributed by atoms with Gasteiger partial charge < -0.3 is 0 Å². The lowest BCUT2D eigenvalue weighted by Crippen LogP contribution is -2.23. The van der Waals surface area contributed by atoms with Crippen LogP contribution in [0.2, 0.25) is 0 Å². The van der Waals surface area contributed by atoms with E-state index >= 15 is 0 Å². The molecule has 0 radical (unpaired) electrons. The van der Waals surface area contributed by atoms with Gasteiger partial charge in [0.25, 0.3) is 0 Å². The van der Waals surface area contributed by atoms with Gasteiger partial charge in [0.15, 0.2) is 0 Å². The van der Waals surface area contributed by atoms with Gasteiger partial charge in [-0.1, -0.05) is 13.8 Å². The van der Waals surface area contributed by atoms with Gasteiger partial charge in [-0.25, -0.2) is 5.53 Å². The van der Waals surface area contributed by atoms with E-state index in [1.165, 1.54) is 0 Å². The van der Waals surface area contributed by atoms with Crippen molar-refractivity contribution in [1.29, 1.82) is 5.53 Å². The minimum absolute atomic E-state index is 0.167. The Balaban J connectivity index is 3.90. The Kier molecular flexibility index (Phi) is 2.13. The summed E-state index contributed by atoms with van der Waals surface area (Å²) >= 11 is 0. The molecule has 2 nitrogen and oxygen atoms in total. The second-order valence-electron chi connectivity index (χ2n) is 2.92. The summed E-state index contributed by atoms with van der Waals surface area (Å²) in [6.45, 7) is 8.06. The molecule has 0 heterocycles. The van der Waals surface area contributed by atoms with Crippen LogP contribution in [0, 0.1) is 11.4 Å². The van der Waals surface area contributed by atoms with E-state index in [-0.39, 0.29) is 5.54 Å². The Hall–Kier alpha value is -0.400. The summed E-state index contributed by atoms with van der Waals surface area (Å²) in [5, 5.41) is 3.47. The third-order valence-electron chi connectivity index (χ3n) is 1.70. The molecule has 0 unspecified atom stereocenters. The highest BCUT2D eigenvalue weighted by atomic mass is 15.0. The van der Waals surface area contributed by atoms with Crippen molar-refractivity contribution in [1.82, 2.24) is 0 Å². The van der Waals surface area contributed by atoms with Crippen molar-refractivity contribution in [3.05, 3.63) is 0 Å². The zero-order valence-electron chi connectivity index (χ0n) is 6.02. The first kappa shape index (κ1) is 7.60. The number of rotatable bonds is 2. The van der Waals surface area contributed by atoms with Gasteiger partial charge in [-0.05, 0) is 19.8 Å². The molecule has 0 saturated heterocycles. The Bertz CT molecular complexity index is 84.5. The zero-order chi connectivity index (χ0) is 6.78. The summed E-state index contributed by atoms with van der Waals surface area (Å²) in [6.07, 6.45) is 0. The molecule has 0 rings (SSSR count). The normalized spacial score (nSPS) is 12.1. The van der Waals surface area contributed by atoms with Crippen LogP contribution in [0.15, 0.2) is 5.11 Å². The minimum atomic E-state index is -0.167. The Morgan fingerprint density at radius 3 is 1.75 bits per heavy atom. The Morgan fingerprint density at radius 1 is 1.38 bits per heavy atom. The van der Waals surface area contributed by atoms with Gasteiger partial charge in [-0.15, -0.1) is 0 Å². The molecule has 1 N–H and O–H groups in total. The highest BCUT2D eigenvalue weighted by molar-refractivity contribution is 4.77. The van der Waals surface area contributed by atoms with Crippen molar-refractivity contribution in [2.75, 3.05) is 0 Å². The summed E-state index contributed by atoms with van der Waals surface area (Å²) in [5.74, 6) is 0.458. The lowest BCUT2D eigenvalue weighted by Gasteiger charge is -2.21. The smallest absolute Gasteiger partial charge is 0.0780 e. The van der Waals surface area contributed by atoms with Crippen molar-refractivity contribution in [2.24, 2.45) is 11.0 Å². The Morgan fingerprint density at radius 2 is 1.75 bits per heavy atom. The van der Waals surface area contributed by atoms with Gasteiger partial charge in [0.05, 0.1) is 5.54 Å². The first-order valence-electron chi connectivity index (χ1n) is 2.89. The van der Waals surface area contributed by atoms with Crippen molar-refractivity contribution in [3.8, 4) is 0 Å². The zero-order valence-corrected chi connectivity index (χ0v) is 6.02. The molecule has 0 aromatic carbocycles. The fraction of sp³-hybridized carbons (Fsp3) is 1.00. The van der Waals surface area contributed by atoms with E-state index in [1.54, 1.807) is 0 Å². The van der Waals surface area contributed by atoms with Gasteiger partial charge in [-0.3, -0.25) is 0 Å². The lowest BCUT2D eigenvalue weighted by atomic mass is 9.92. The van der Waals surface area contributed by atoms with Crippen LogP contribution in [-0.4, -0.2) is 5.54 Å². The molecule has 0 amide bonds. The number of nitrogens with one attached hydrogen (secondary N) is 1. The predicted octanol–water partition coefficient (Wildman–Crippen LogP) is 2.45. The second kappa shape index (κ2) is 2.25. The molecule has 0 aromatic heterocycles. The molecule has 8 heavy (non-hydrogen) atoms. The second-order valence-corrected chi connectivity index (χ2v) is 2.92. The SMILES string of the molecule is CC(C)C(C)(C)N=N.